The van der Waals surface area contributed by atoms with E-state index in [4.69, 9.17) is 21.6 Å². The highest BCUT2D eigenvalue weighted by Gasteiger charge is 2.21. The molecule has 144 valence electrons. The molecule has 2 saturated heterocycles. The lowest BCUT2D eigenvalue weighted by molar-refractivity contribution is 0.640. The van der Waals surface area contributed by atoms with Gasteiger partial charge in [0.25, 0.3) is 0 Å². The van der Waals surface area contributed by atoms with Gasteiger partial charge in [0, 0.05) is 50.5 Å². The molecule has 0 bridgehead atoms. The van der Waals surface area contributed by atoms with Crippen molar-refractivity contribution in [1.82, 2.24) is 19.9 Å². The predicted molar refractivity (Wildman–Crippen MR) is 112 cm³/mol. The van der Waals surface area contributed by atoms with Crippen LogP contribution in [0.1, 0.15) is 12.8 Å². The van der Waals surface area contributed by atoms with E-state index in [9.17, 15) is 0 Å². The van der Waals surface area contributed by atoms with Crippen molar-refractivity contribution in [3.63, 3.8) is 0 Å². The number of aromatic nitrogens is 4. The minimum absolute atomic E-state index is 0.682. The largest absolute Gasteiger partial charge is 0.353 e. The smallest absolute Gasteiger partial charge is 0.227 e. The lowest BCUT2D eigenvalue weighted by Gasteiger charge is -2.36. The van der Waals surface area contributed by atoms with E-state index in [-0.39, 0.29) is 0 Å². The molecular formula is C20H22ClN7. The number of anilines is 3. The molecule has 0 atom stereocenters. The van der Waals surface area contributed by atoms with Crippen LogP contribution in [-0.2, 0) is 0 Å². The molecule has 0 saturated carbocycles. The second kappa shape index (κ2) is 7.39. The van der Waals surface area contributed by atoms with Gasteiger partial charge in [-0.25, -0.2) is 9.97 Å². The Balaban J connectivity index is 1.28. The number of piperazine rings is 1. The summed E-state index contributed by atoms with van der Waals surface area (Å²) in [5, 5.41) is 0.682. The first-order valence-corrected chi connectivity index (χ1v) is 10.1. The van der Waals surface area contributed by atoms with Crippen LogP contribution in [0.15, 0.2) is 36.7 Å². The third-order valence-corrected chi connectivity index (χ3v) is 5.67. The van der Waals surface area contributed by atoms with Gasteiger partial charge in [-0.15, -0.1) is 0 Å². The molecule has 1 aromatic carbocycles. The van der Waals surface area contributed by atoms with E-state index in [0.29, 0.717) is 5.02 Å². The van der Waals surface area contributed by atoms with Gasteiger partial charge in [-0.3, -0.25) is 4.98 Å². The molecule has 8 heteroatoms. The molecule has 4 heterocycles. The maximum atomic E-state index is 6.04. The van der Waals surface area contributed by atoms with Crippen LogP contribution < -0.4 is 14.7 Å². The van der Waals surface area contributed by atoms with Crippen molar-refractivity contribution in [2.45, 2.75) is 12.8 Å². The number of hydrogen-bond donors (Lipinski definition) is 0. The van der Waals surface area contributed by atoms with Crippen molar-refractivity contribution in [2.75, 3.05) is 54.0 Å². The van der Waals surface area contributed by atoms with E-state index in [1.54, 1.807) is 0 Å². The van der Waals surface area contributed by atoms with E-state index in [1.165, 1.54) is 12.8 Å². The number of fused-ring (bicyclic) bond motifs is 1. The minimum atomic E-state index is 0.682. The lowest BCUT2D eigenvalue weighted by atomic mass is 10.3. The fourth-order valence-electron chi connectivity index (χ4n) is 3.88. The number of halogens is 1. The van der Waals surface area contributed by atoms with Crippen LogP contribution in [0.25, 0.3) is 11.0 Å². The topological polar surface area (TPSA) is 61.3 Å². The van der Waals surface area contributed by atoms with Crippen LogP contribution in [0.5, 0.6) is 0 Å². The molecule has 28 heavy (non-hydrogen) atoms. The highest BCUT2D eigenvalue weighted by atomic mass is 35.5. The normalized spacial score (nSPS) is 17.5. The molecule has 0 N–H and O–H groups in total. The highest BCUT2D eigenvalue weighted by molar-refractivity contribution is 6.31. The summed E-state index contributed by atoms with van der Waals surface area (Å²) in [6.07, 6.45) is 6.17. The summed E-state index contributed by atoms with van der Waals surface area (Å²) in [7, 11) is 0. The Morgan fingerprint density at radius 3 is 2.25 bits per heavy atom. The average molecular weight is 396 g/mol. The summed E-state index contributed by atoms with van der Waals surface area (Å²) in [6, 6.07) is 7.63. The molecule has 3 aromatic rings. The Labute approximate surface area is 169 Å². The van der Waals surface area contributed by atoms with Crippen LogP contribution >= 0.6 is 11.6 Å². The number of benzene rings is 1. The van der Waals surface area contributed by atoms with Crippen LogP contribution in [-0.4, -0.2) is 59.2 Å². The molecule has 0 radical (unpaired) electrons. The average Bonchev–Trinajstić information content (AvgIpc) is 3.29. The first-order chi connectivity index (χ1) is 13.8. The van der Waals surface area contributed by atoms with E-state index in [2.05, 4.69) is 24.7 Å². The number of nitrogens with zero attached hydrogens (tertiary/aromatic N) is 7. The molecule has 2 aliphatic rings. The first kappa shape index (κ1) is 17.4. The quantitative estimate of drug-likeness (QED) is 0.675. The standard InChI is InChI=1S/C20H22ClN7/c21-15-3-4-16-17(13-15)23-14-19(24-16)27-11-9-26(10-12-27)18-5-6-22-20(25-18)28-7-1-2-8-28/h3-6,13-14H,1-2,7-12H2. The third-order valence-electron chi connectivity index (χ3n) is 5.44. The number of rotatable bonds is 3. The second-order valence-corrected chi connectivity index (χ2v) is 7.68. The Morgan fingerprint density at radius 1 is 0.714 bits per heavy atom. The van der Waals surface area contributed by atoms with Gasteiger partial charge in [0.15, 0.2) is 0 Å². The molecule has 0 aliphatic carbocycles. The summed E-state index contributed by atoms with van der Waals surface area (Å²) >= 11 is 6.04. The monoisotopic (exact) mass is 395 g/mol. The van der Waals surface area contributed by atoms with Crippen molar-refractivity contribution in [3.05, 3.63) is 41.7 Å². The van der Waals surface area contributed by atoms with Crippen LogP contribution in [0.2, 0.25) is 5.02 Å². The summed E-state index contributed by atoms with van der Waals surface area (Å²) < 4.78 is 0. The van der Waals surface area contributed by atoms with Crippen molar-refractivity contribution in [3.8, 4) is 0 Å². The summed E-state index contributed by atoms with van der Waals surface area (Å²) in [5.74, 6) is 2.78. The maximum Gasteiger partial charge on any atom is 0.227 e. The summed E-state index contributed by atoms with van der Waals surface area (Å²) in [4.78, 5) is 25.4. The lowest BCUT2D eigenvalue weighted by Crippen LogP contribution is -2.47. The van der Waals surface area contributed by atoms with Gasteiger partial charge < -0.3 is 14.7 Å². The first-order valence-electron chi connectivity index (χ1n) is 9.76. The fraction of sp³-hybridized carbons (Fsp3) is 0.400. The highest BCUT2D eigenvalue weighted by Crippen LogP contribution is 2.23. The molecule has 2 aliphatic heterocycles. The Morgan fingerprint density at radius 2 is 1.46 bits per heavy atom. The van der Waals surface area contributed by atoms with Gasteiger partial charge >= 0.3 is 0 Å². The molecule has 7 nitrogen and oxygen atoms in total. The van der Waals surface area contributed by atoms with Crippen molar-refractivity contribution >= 4 is 40.2 Å². The van der Waals surface area contributed by atoms with Gasteiger partial charge in [0.05, 0.1) is 17.2 Å². The molecule has 2 aromatic heterocycles. The zero-order valence-electron chi connectivity index (χ0n) is 15.6. The zero-order valence-corrected chi connectivity index (χ0v) is 16.4. The van der Waals surface area contributed by atoms with Crippen LogP contribution in [0.3, 0.4) is 0 Å². The van der Waals surface area contributed by atoms with E-state index < -0.39 is 0 Å². The molecular weight excluding hydrogens is 374 g/mol. The fourth-order valence-corrected chi connectivity index (χ4v) is 4.04. The van der Waals surface area contributed by atoms with E-state index in [0.717, 1.165) is 67.9 Å². The molecule has 2 fully saturated rings. The van der Waals surface area contributed by atoms with Crippen molar-refractivity contribution < 1.29 is 0 Å². The van der Waals surface area contributed by atoms with E-state index in [1.807, 2.05) is 36.7 Å². The molecule has 0 amide bonds. The zero-order chi connectivity index (χ0) is 18.9. The van der Waals surface area contributed by atoms with Crippen LogP contribution in [0.4, 0.5) is 17.6 Å². The van der Waals surface area contributed by atoms with Crippen LogP contribution in [0, 0.1) is 0 Å². The molecule has 0 unspecified atom stereocenters. The minimum Gasteiger partial charge on any atom is -0.353 e. The Kier molecular flexibility index (Phi) is 4.60. The van der Waals surface area contributed by atoms with Gasteiger partial charge in [0.1, 0.15) is 11.6 Å². The number of hydrogen-bond acceptors (Lipinski definition) is 7. The van der Waals surface area contributed by atoms with Gasteiger partial charge in [-0.2, -0.15) is 4.98 Å². The Bertz CT molecular complexity index is 981. The second-order valence-electron chi connectivity index (χ2n) is 7.24. The summed E-state index contributed by atoms with van der Waals surface area (Å²) in [6.45, 7) is 5.69. The van der Waals surface area contributed by atoms with Crippen molar-refractivity contribution in [1.29, 1.82) is 0 Å². The maximum absolute atomic E-state index is 6.04. The van der Waals surface area contributed by atoms with Gasteiger partial charge in [-0.1, -0.05) is 11.6 Å². The predicted octanol–water partition coefficient (Wildman–Crippen LogP) is 3.00. The van der Waals surface area contributed by atoms with Crippen molar-refractivity contribution in [2.24, 2.45) is 0 Å². The molecule has 5 rings (SSSR count). The third kappa shape index (κ3) is 3.42. The SMILES string of the molecule is Clc1ccc2nc(N3CCN(c4ccnc(N5CCCC5)n4)CC3)cnc2c1. The summed E-state index contributed by atoms with van der Waals surface area (Å²) in [5.41, 5.74) is 1.70. The van der Waals surface area contributed by atoms with E-state index >= 15 is 0 Å². The van der Waals surface area contributed by atoms with Gasteiger partial charge in [-0.05, 0) is 37.1 Å². The Hall–Kier alpha value is -2.67. The van der Waals surface area contributed by atoms with Gasteiger partial charge in [0.2, 0.25) is 5.95 Å². The molecule has 0 spiro atoms.